The number of anilines is 2. The van der Waals surface area contributed by atoms with E-state index < -0.39 is 0 Å². The van der Waals surface area contributed by atoms with E-state index in [1.54, 1.807) is 0 Å². The minimum Gasteiger partial charge on any atom is -0.491 e. The summed E-state index contributed by atoms with van der Waals surface area (Å²) in [7, 11) is 0. The van der Waals surface area contributed by atoms with Gasteiger partial charge in [0.15, 0.2) is 0 Å². The van der Waals surface area contributed by atoms with Crippen LogP contribution < -0.4 is 15.4 Å². The van der Waals surface area contributed by atoms with E-state index in [-0.39, 0.29) is 11.4 Å². The fourth-order valence-electron chi connectivity index (χ4n) is 3.45. The van der Waals surface area contributed by atoms with E-state index in [1.165, 1.54) is 19.3 Å². The lowest BCUT2D eigenvalue weighted by Crippen LogP contribution is -2.41. The number of benzene rings is 1. The molecule has 114 valence electrons. The van der Waals surface area contributed by atoms with Crippen molar-refractivity contribution in [1.82, 2.24) is 0 Å². The van der Waals surface area contributed by atoms with E-state index in [9.17, 15) is 4.79 Å². The highest BCUT2D eigenvalue weighted by atomic mass is 16.5. The van der Waals surface area contributed by atoms with Gasteiger partial charge >= 0.3 is 0 Å². The molecule has 1 aliphatic carbocycles. The summed E-state index contributed by atoms with van der Waals surface area (Å²) in [5, 5.41) is 6.70. The zero-order valence-corrected chi connectivity index (χ0v) is 12.7. The Hall–Kier alpha value is -1.71. The molecule has 2 N–H and O–H groups in total. The highest BCUT2D eigenvalue weighted by Crippen LogP contribution is 2.42. The van der Waals surface area contributed by atoms with Crippen molar-refractivity contribution in [3.63, 3.8) is 0 Å². The summed E-state index contributed by atoms with van der Waals surface area (Å²) in [4.78, 5) is 12.3. The van der Waals surface area contributed by atoms with Gasteiger partial charge in [-0.2, -0.15) is 0 Å². The minimum atomic E-state index is -0.0725. The summed E-state index contributed by atoms with van der Waals surface area (Å²) in [6, 6.07) is 5.95. The first-order valence-corrected chi connectivity index (χ1v) is 8.06. The summed E-state index contributed by atoms with van der Waals surface area (Å²) in [5.41, 5.74) is 1.73. The molecule has 2 aliphatic rings. The molecule has 3 rings (SSSR count). The molecule has 0 saturated heterocycles. The molecule has 1 saturated carbocycles. The molecule has 1 aromatic carbocycles. The van der Waals surface area contributed by atoms with Crippen LogP contribution in [0, 0.1) is 0 Å². The van der Waals surface area contributed by atoms with Gasteiger partial charge in [0, 0.05) is 12.0 Å². The Kier molecular flexibility index (Phi) is 4.04. The van der Waals surface area contributed by atoms with Gasteiger partial charge in [-0.05, 0) is 31.4 Å². The van der Waals surface area contributed by atoms with Crippen molar-refractivity contribution in [2.24, 2.45) is 0 Å². The Bertz CT molecular complexity index is 522. The highest BCUT2D eigenvalue weighted by molar-refractivity contribution is 5.99. The molecular formula is C17H24N2O2. The number of carbonyl (C=O) groups is 1. The topological polar surface area (TPSA) is 50.4 Å². The number of nitrogens with one attached hydrogen (secondary N) is 2. The van der Waals surface area contributed by atoms with E-state index in [4.69, 9.17) is 4.74 Å². The lowest BCUT2D eigenvalue weighted by Gasteiger charge is -2.37. The standard InChI is InChI=1S/C17H24N2O2/c1-2-11-21-14-8-6-7-13-16(14)18-15(20)12-17(19-13)9-4-3-5-10-17/h6-8,19H,2-5,9-12H2,1H3,(H,18,20). The van der Waals surface area contributed by atoms with Crippen LogP contribution in [0.1, 0.15) is 51.9 Å². The maximum Gasteiger partial charge on any atom is 0.226 e. The van der Waals surface area contributed by atoms with Gasteiger partial charge in [-0.3, -0.25) is 4.79 Å². The van der Waals surface area contributed by atoms with Crippen LogP contribution in [-0.2, 0) is 4.79 Å². The molecule has 1 heterocycles. The molecule has 4 heteroatoms. The normalized spacial score (nSPS) is 20.1. The predicted octanol–water partition coefficient (Wildman–Crippen LogP) is 3.93. The molecule has 1 fully saturated rings. The molecule has 0 radical (unpaired) electrons. The second-order valence-corrected chi connectivity index (χ2v) is 6.22. The zero-order valence-electron chi connectivity index (χ0n) is 12.7. The second kappa shape index (κ2) is 5.96. The van der Waals surface area contributed by atoms with Crippen molar-refractivity contribution < 1.29 is 9.53 Å². The number of fused-ring (bicyclic) bond motifs is 1. The summed E-state index contributed by atoms with van der Waals surface area (Å²) in [5.74, 6) is 0.860. The molecule has 0 aromatic heterocycles. The first-order valence-electron chi connectivity index (χ1n) is 8.06. The van der Waals surface area contributed by atoms with Crippen LogP contribution in [0.25, 0.3) is 0 Å². The van der Waals surface area contributed by atoms with Crippen molar-refractivity contribution in [2.45, 2.75) is 57.4 Å². The number of ether oxygens (including phenoxy) is 1. The smallest absolute Gasteiger partial charge is 0.226 e. The first kappa shape index (κ1) is 14.2. The third-order valence-electron chi connectivity index (χ3n) is 4.46. The van der Waals surface area contributed by atoms with Crippen molar-refractivity contribution in [2.75, 3.05) is 17.2 Å². The van der Waals surface area contributed by atoms with Crippen LogP contribution in [-0.4, -0.2) is 18.1 Å². The van der Waals surface area contributed by atoms with Crippen LogP contribution in [0.3, 0.4) is 0 Å². The zero-order chi connectivity index (χ0) is 14.7. The van der Waals surface area contributed by atoms with Gasteiger partial charge in [-0.1, -0.05) is 32.3 Å². The molecule has 21 heavy (non-hydrogen) atoms. The van der Waals surface area contributed by atoms with Crippen molar-refractivity contribution >= 4 is 17.3 Å². The van der Waals surface area contributed by atoms with Crippen LogP contribution in [0.15, 0.2) is 18.2 Å². The fraction of sp³-hybridized carbons (Fsp3) is 0.588. The summed E-state index contributed by atoms with van der Waals surface area (Å²) in [6.07, 6.45) is 7.31. The average Bonchev–Trinajstić information content (AvgIpc) is 2.61. The Labute approximate surface area is 126 Å². The van der Waals surface area contributed by atoms with Crippen molar-refractivity contribution in [3.8, 4) is 5.75 Å². The summed E-state index contributed by atoms with van der Waals surface area (Å²) < 4.78 is 5.78. The van der Waals surface area contributed by atoms with Crippen LogP contribution >= 0.6 is 0 Å². The van der Waals surface area contributed by atoms with Gasteiger partial charge in [-0.25, -0.2) is 0 Å². The Morgan fingerprint density at radius 3 is 2.81 bits per heavy atom. The lowest BCUT2D eigenvalue weighted by atomic mass is 9.79. The highest BCUT2D eigenvalue weighted by Gasteiger charge is 2.37. The molecule has 0 unspecified atom stereocenters. The molecule has 1 aliphatic heterocycles. The average molecular weight is 288 g/mol. The number of rotatable bonds is 3. The third kappa shape index (κ3) is 2.99. The number of hydrogen-bond acceptors (Lipinski definition) is 3. The van der Waals surface area contributed by atoms with Gasteiger partial charge in [0.05, 0.1) is 12.3 Å². The van der Waals surface area contributed by atoms with Gasteiger partial charge in [0.1, 0.15) is 11.4 Å². The van der Waals surface area contributed by atoms with Crippen LogP contribution in [0.2, 0.25) is 0 Å². The second-order valence-electron chi connectivity index (χ2n) is 6.22. The molecule has 1 aromatic rings. The van der Waals surface area contributed by atoms with Crippen LogP contribution in [0.4, 0.5) is 11.4 Å². The SMILES string of the molecule is CCCOc1cccc2c1NC(=O)CC1(CCCCC1)N2. The van der Waals surface area contributed by atoms with Crippen molar-refractivity contribution in [3.05, 3.63) is 18.2 Å². The number of carbonyl (C=O) groups excluding carboxylic acids is 1. The predicted molar refractivity (Wildman–Crippen MR) is 84.9 cm³/mol. The number of hydrogen-bond donors (Lipinski definition) is 2. The van der Waals surface area contributed by atoms with Crippen LogP contribution in [0.5, 0.6) is 5.75 Å². The van der Waals surface area contributed by atoms with Gasteiger partial charge in [0.25, 0.3) is 0 Å². The molecule has 0 bridgehead atoms. The third-order valence-corrected chi connectivity index (χ3v) is 4.46. The van der Waals surface area contributed by atoms with E-state index >= 15 is 0 Å². The molecule has 1 spiro atoms. The van der Waals surface area contributed by atoms with Gasteiger partial charge in [0.2, 0.25) is 5.91 Å². The number of para-hydroxylation sites is 1. The Balaban J connectivity index is 1.92. The maximum atomic E-state index is 12.3. The molecule has 4 nitrogen and oxygen atoms in total. The molecular weight excluding hydrogens is 264 g/mol. The van der Waals surface area contributed by atoms with E-state index in [2.05, 4.69) is 17.6 Å². The van der Waals surface area contributed by atoms with Crippen molar-refractivity contribution in [1.29, 1.82) is 0 Å². The monoisotopic (exact) mass is 288 g/mol. The van der Waals surface area contributed by atoms with E-state index in [1.807, 2.05) is 18.2 Å². The molecule has 1 amide bonds. The van der Waals surface area contributed by atoms with Gasteiger partial charge in [-0.15, -0.1) is 0 Å². The molecule has 0 atom stereocenters. The Morgan fingerprint density at radius 1 is 1.24 bits per heavy atom. The summed E-state index contributed by atoms with van der Waals surface area (Å²) in [6.45, 7) is 2.74. The fourth-order valence-corrected chi connectivity index (χ4v) is 3.45. The quantitative estimate of drug-likeness (QED) is 0.886. The first-order chi connectivity index (χ1) is 10.2. The Morgan fingerprint density at radius 2 is 2.05 bits per heavy atom. The van der Waals surface area contributed by atoms with E-state index in [0.29, 0.717) is 13.0 Å². The number of amides is 1. The minimum absolute atomic E-state index is 0.0725. The van der Waals surface area contributed by atoms with E-state index in [0.717, 1.165) is 36.4 Å². The van der Waals surface area contributed by atoms with Gasteiger partial charge < -0.3 is 15.4 Å². The summed E-state index contributed by atoms with van der Waals surface area (Å²) >= 11 is 0. The largest absolute Gasteiger partial charge is 0.491 e. The lowest BCUT2D eigenvalue weighted by molar-refractivity contribution is -0.117. The maximum absolute atomic E-state index is 12.3.